The summed E-state index contributed by atoms with van der Waals surface area (Å²) in [6, 6.07) is 5.36. The van der Waals surface area contributed by atoms with Crippen molar-refractivity contribution in [2.45, 2.75) is 25.3 Å². The second-order valence-electron chi connectivity index (χ2n) is 3.40. The number of nitrogens with one attached hydrogen (secondary N) is 1. The predicted molar refractivity (Wildman–Crippen MR) is 52.7 cm³/mol. The fraction of sp³-hybridized carbons (Fsp3) is 0.400. The molecule has 0 spiro atoms. The molecule has 0 radical (unpaired) electrons. The second-order valence-corrected chi connectivity index (χ2v) is 3.81. The lowest BCUT2D eigenvalue weighted by atomic mass is 9.93. The largest absolute Gasteiger partial charge is 0.382 e. The summed E-state index contributed by atoms with van der Waals surface area (Å²) < 4.78 is 13.0. The van der Waals surface area contributed by atoms with E-state index in [1.807, 2.05) is 6.07 Å². The zero-order valence-corrected chi connectivity index (χ0v) is 7.94. The van der Waals surface area contributed by atoms with Crippen LogP contribution in [0.5, 0.6) is 0 Å². The molecule has 0 heterocycles. The lowest BCUT2D eigenvalue weighted by Crippen LogP contribution is -2.26. The minimum absolute atomic E-state index is 0.180. The first kappa shape index (κ1) is 8.82. The summed E-state index contributed by atoms with van der Waals surface area (Å²) >= 11 is 5.56. The predicted octanol–water partition coefficient (Wildman–Crippen LogP) is 3.44. The van der Waals surface area contributed by atoms with Crippen molar-refractivity contribution in [3.8, 4) is 0 Å². The number of hydrogen-bond donors (Lipinski definition) is 1. The van der Waals surface area contributed by atoms with Crippen molar-refractivity contribution < 1.29 is 4.39 Å². The van der Waals surface area contributed by atoms with Crippen molar-refractivity contribution in [2.75, 3.05) is 5.32 Å². The van der Waals surface area contributed by atoms with Gasteiger partial charge in [0.05, 0.1) is 5.02 Å². The van der Waals surface area contributed by atoms with E-state index >= 15 is 0 Å². The normalized spacial score (nSPS) is 16.8. The summed E-state index contributed by atoms with van der Waals surface area (Å²) in [7, 11) is 0. The SMILES string of the molecule is Fc1cc(NC2CCC2)ccc1Cl. The minimum atomic E-state index is -0.356. The van der Waals surface area contributed by atoms with E-state index in [0.717, 1.165) is 5.69 Å². The molecule has 0 aliphatic heterocycles. The maximum Gasteiger partial charge on any atom is 0.143 e. The van der Waals surface area contributed by atoms with Gasteiger partial charge in [0.15, 0.2) is 0 Å². The topological polar surface area (TPSA) is 12.0 Å². The molecule has 1 fully saturated rings. The lowest BCUT2D eigenvalue weighted by Gasteiger charge is -2.27. The Bertz CT molecular complexity index is 310. The smallest absolute Gasteiger partial charge is 0.143 e. The van der Waals surface area contributed by atoms with Crippen molar-refractivity contribution in [3.05, 3.63) is 29.0 Å². The quantitative estimate of drug-likeness (QED) is 0.770. The highest BCUT2D eigenvalue weighted by Crippen LogP contribution is 2.25. The van der Waals surface area contributed by atoms with Gasteiger partial charge in [-0.1, -0.05) is 11.6 Å². The molecule has 3 heteroatoms. The van der Waals surface area contributed by atoms with Crippen LogP contribution in [0.1, 0.15) is 19.3 Å². The number of anilines is 1. The Kier molecular flexibility index (Phi) is 2.40. The van der Waals surface area contributed by atoms with Crippen LogP contribution in [0.3, 0.4) is 0 Å². The van der Waals surface area contributed by atoms with Crippen LogP contribution < -0.4 is 5.32 Å². The molecule has 0 amide bonds. The van der Waals surface area contributed by atoms with Crippen LogP contribution in [0.25, 0.3) is 0 Å². The number of benzene rings is 1. The van der Waals surface area contributed by atoms with E-state index in [2.05, 4.69) is 5.32 Å². The van der Waals surface area contributed by atoms with Crippen LogP contribution in [-0.2, 0) is 0 Å². The summed E-state index contributed by atoms with van der Waals surface area (Å²) in [5.41, 5.74) is 0.826. The maximum absolute atomic E-state index is 13.0. The summed E-state index contributed by atoms with van der Waals surface area (Å²) in [5, 5.41) is 3.43. The number of halogens is 2. The minimum Gasteiger partial charge on any atom is -0.382 e. The molecule has 0 bridgehead atoms. The molecule has 1 saturated carbocycles. The van der Waals surface area contributed by atoms with Gasteiger partial charge in [0, 0.05) is 11.7 Å². The first-order chi connectivity index (χ1) is 6.25. The van der Waals surface area contributed by atoms with Gasteiger partial charge < -0.3 is 5.32 Å². The summed E-state index contributed by atoms with van der Waals surface area (Å²) in [4.78, 5) is 0. The molecule has 0 unspecified atom stereocenters. The Hall–Kier alpha value is -0.760. The molecule has 1 N–H and O–H groups in total. The zero-order valence-electron chi connectivity index (χ0n) is 7.19. The van der Waals surface area contributed by atoms with Crippen molar-refractivity contribution in [2.24, 2.45) is 0 Å². The van der Waals surface area contributed by atoms with E-state index in [9.17, 15) is 4.39 Å². The number of hydrogen-bond acceptors (Lipinski definition) is 1. The third-order valence-electron chi connectivity index (χ3n) is 2.40. The molecule has 1 nitrogen and oxygen atoms in total. The Morgan fingerprint density at radius 1 is 1.38 bits per heavy atom. The molecule has 70 valence electrons. The molecular weight excluding hydrogens is 189 g/mol. The van der Waals surface area contributed by atoms with Crippen LogP contribution in [0.15, 0.2) is 18.2 Å². The monoisotopic (exact) mass is 199 g/mol. The molecule has 13 heavy (non-hydrogen) atoms. The van der Waals surface area contributed by atoms with Gasteiger partial charge in [-0.3, -0.25) is 0 Å². The standard InChI is InChI=1S/C10H11ClFN/c11-9-5-4-8(6-10(9)12)13-7-2-1-3-7/h4-7,13H,1-3H2. The Morgan fingerprint density at radius 3 is 2.69 bits per heavy atom. The van der Waals surface area contributed by atoms with E-state index in [-0.39, 0.29) is 10.8 Å². The average molecular weight is 200 g/mol. The molecule has 0 saturated heterocycles. The van der Waals surface area contributed by atoms with Crippen molar-refractivity contribution in [1.29, 1.82) is 0 Å². The van der Waals surface area contributed by atoms with E-state index in [1.54, 1.807) is 6.07 Å². The second kappa shape index (κ2) is 3.54. The number of rotatable bonds is 2. The molecule has 1 aliphatic carbocycles. The average Bonchev–Trinajstić information content (AvgIpc) is 2.04. The fourth-order valence-corrected chi connectivity index (χ4v) is 1.49. The van der Waals surface area contributed by atoms with Crippen molar-refractivity contribution >= 4 is 17.3 Å². The lowest BCUT2D eigenvalue weighted by molar-refractivity contribution is 0.445. The Balaban J connectivity index is 2.07. The molecule has 2 rings (SSSR count). The van der Waals surface area contributed by atoms with Gasteiger partial charge in [0.1, 0.15) is 5.82 Å². The zero-order chi connectivity index (χ0) is 9.26. The van der Waals surface area contributed by atoms with Crippen molar-refractivity contribution in [3.63, 3.8) is 0 Å². The Labute approximate surface area is 81.9 Å². The van der Waals surface area contributed by atoms with Crippen LogP contribution in [0, 0.1) is 5.82 Å². The highest BCUT2D eigenvalue weighted by atomic mass is 35.5. The summed E-state index contributed by atoms with van der Waals surface area (Å²) in [5.74, 6) is -0.356. The van der Waals surface area contributed by atoms with Gasteiger partial charge in [0.25, 0.3) is 0 Å². The van der Waals surface area contributed by atoms with Crippen LogP contribution in [-0.4, -0.2) is 6.04 Å². The summed E-state index contributed by atoms with van der Waals surface area (Å²) in [6.07, 6.45) is 3.64. The van der Waals surface area contributed by atoms with Gasteiger partial charge in [-0.05, 0) is 37.5 Å². The van der Waals surface area contributed by atoms with E-state index in [0.29, 0.717) is 6.04 Å². The van der Waals surface area contributed by atoms with Gasteiger partial charge in [0.2, 0.25) is 0 Å². The van der Waals surface area contributed by atoms with Gasteiger partial charge >= 0.3 is 0 Å². The molecule has 1 aromatic rings. The first-order valence-corrected chi connectivity index (χ1v) is 4.85. The van der Waals surface area contributed by atoms with Gasteiger partial charge in [-0.15, -0.1) is 0 Å². The molecule has 0 aromatic heterocycles. The van der Waals surface area contributed by atoms with Crippen molar-refractivity contribution in [1.82, 2.24) is 0 Å². The summed E-state index contributed by atoms with van der Waals surface area (Å²) in [6.45, 7) is 0. The van der Waals surface area contributed by atoms with E-state index < -0.39 is 0 Å². The Morgan fingerprint density at radius 2 is 2.15 bits per heavy atom. The highest BCUT2D eigenvalue weighted by molar-refractivity contribution is 6.30. The highest BCUT2D eigenvalue weighted by Gasteiger charge is 2.16. The fourth-order valence-electron chi connectivity index (χ4n) is 1.37. The van der Waals surface area contributed by atoms with Crippen LogP contribution in [0.4, 0.5) is 10.1 Å². The third-order valence-corrected chi connectivity index (χ3v) is 2.70. The molecule has 1 aromatic carbocycles. The van der Waals surface area contributed by atoms with E-state index in [1.165, 1.54) is 25.3 Å². The molecule has 1 aliphatic rings. The van der Waals surface area contributed by atoms with Gasteiger partial charge in [-0.25, -0.2) is 4.39 Å². The third kappa shape index (κ3) is 1.94. The molecular formula is C10H11ClFN. The van der Waals surface area contributed by atoms with Crippen LogP contribution >= 0.6 is 11.6 Å². The van der Waals surface area contributed by atoms with E-state index in [4.69, 9.17) is 11.6 Å². The van der Waals surface area contributed by atoms with Crippen LogP contribution in [0.2, 0.25) is 5.02 Å². The van der Waals surface area contributed by atoms with Gasteiger partial charge in [-0.2, -0.15) is 0 Å². The first-order valence-electron chi connectivity index (χ1n) is 4.47. The maximum atomic E-state index is 13.0. The molecule has 0 atom stereocenters.